The van der Waals surface area contributed by atoms with Crippen molar-refractivity contribution < 1.29 is 9.59 Å². The minimum atomic E-state index is -0.309. The van der Waals surface area contributed by atoms with Crippen molar-refractivity contribution in [2.45, 2.75) is 46.0 Å². The van der Waals surface area contributed by atoms with Crippen LogP contribution in [0.3, 0.4) is 0 Å². The van der Waals surface area contributed by atoms with E-state index in [0.717, 1.165) is 30.0 Å². The van der Waals surface area contributed by atoms with Crippen LogP contribution in [0.15, 0.2) is 17.5 Å². The highest BCUT2D eigenvalue weighted by Gasteiger charge is 2.17. The lowest BCUT2D eigenvalue weighted by Gasteiger charge is -2.13. The molecule has 2 amide bonds. The number of nitrogens with one attached hydrogen (secondary N) is 2. The predicted octanol–water partition coefficient (Wildman–Crippen LogP) is 5.25. The first-order valence-electron chi connectivity index (χ1n) is 8.88. The van der Waals surface area contributed by atoms with Gasteiger partial charge in [-0.3, -0.25) is 9.59 Å². The summed E-state index contributed by atoms with van der Waals surface area (Å²) in [5.74, 6) is -0.495. The Balaban J connectivity index is 1.93. The monoisotopic (exact) mass is 427 g/mol. The highest BCUT2D eigenvalue weighted by atomic mass is 35.5. The van der Waals surface area contributed by atoms with Gasteiger partial charge in [0, 0.05) is 29.1 Å². The molecule has 2 aromatic rings. The van der Waals surface area contributed by atoms with E-state index >= 15 is 0 Å². The van der Waals surface area contributed by atoms with Crippen LogP contribution >= 0.6 is 34.5 Å². The lowest BCUT2D eigenvalue weighted by atomic mass is 10.1. The van der Waals surface area contributed by atoms with Crippen LogP contribution in [-0.4, -0.2) is 23.3 Å². The van der Waals surface area contributed by atoms with Gasteiger partial charge in [0.05, 0.1) is 21.3 Å². The summed E-state index contributed by atoms with van der Waals surface area (Å²) in [6, 6.07) is 3.03. The van der Waals surface area contributed by atoms with Gasteiger partial charge in [0.25, 0.3) is 5.91 Å². The van der Waals surface area contributed by atoms with Crippen molar-refractivity contribution in [1.82, 2.24) is 10.3 Å². The number of amides is 2. The third-order valence-corrected chi connectivity index (χ3v) is 5.35. The molecule has 0 bridgehead atoms. The molecule has 0 radical (unpaired) electrons. The maximum Gasteiger partial charge on any atom is 0.253 e. The summed E-state index contributed by atoms with van der Waals surface area (Å²) in [7, 11) is 0. The molecule has 146 valence electrons. The van der Waals surface area contributed by atoms with Crippen molar-refractivity contribution in [1.29, 1.82) is 0 Å². The number of carbonyl (C=O) groups is 2. The Bertz CT molecular complexity index is 808. The number of thiazole rings is 1. The van der Waals surface area contributed by atoms with Crippen molar-refractivity contribution in [2.24, 2.45) is 0 Å². The van der Waals surface area contributed by atoms with Crippen LogP contribution in [0.4, 0.5) is 5.69 Å². The van der Waals surface area contributed by atoms with Crippen LogP contribution in [-0.2, 0) is 11.2 Å². The Morgan fingerprint density at radius 3 is 2.67 bits per heavy atom. The molecule has 0 atom stereocenters. The number of benzene rings is 1. The standard InChI is InChI=1S/C19H23Cl2N3O2S/c1-3-6-16(25)24-18-14(9-13(20)10-15(18)21)19(26)22-8-5-4-7-17-23-12(2)11-27-17/h9-11H,3-8H2,1-2H3,(H,22,26)(H,24,25). The summed E-state index contributed by atoms with van der Waals surface area (Å²) in [6.07, 6.45) is 3.73. The molecule has 1 aromatic heterocycles. The Labute approximate surface area is 173 Å². The largest absolute Gasteiger partial charge is 0.352 e. The smallest absolute Gasteiger partial charge is 0.253 e. The zero-order valence-corrected chi connectivity index (χ0v) is 17.7. The first-order valence-corrected chi connectivity index (χ1v) is 10.5. The second-order valence-corrected chi connectivity index (χ2v) is 7.99. The number of unbranched alkanes of at least 4 members (excludes halogenated alkanes) is 1. The number of hydrogen-bond donors (Lipinski definition) is 2. The molecule has 0 aliphatic heterocycles. The molecular weight excluding hydrogens is 405 g/mol. The van der Waals surface area contributed by atoms with E-state index in [1.54, 1.807) is 11.3 Å². The molecule has 2 N–H and O–H groups in total. The van der Waals surface area contributed by atoms with Gasteiger partial charge >= 0.3 is 0 Å². The van der Waals surface area contributed by atoms with Crippen molar-refractivity contribution in [3.05, 3.63) is 43.8 Å². The quantitative estimate of drug-likeness (QED) is 0.536. The van der Waals surface area contributed by atoms with Gasteiger partial charge < -0.3 is 10.6 Å². The Hall–Kier alpha value is -1.63. The molecule has 1 aromatic carbocycles. The SMILES string of the molecule is CCCC(=O)Nc1c(Cl)cc(Cl)cc1C(=O)NCCCCc1nc(C)cs1. The van der Waals surface area contributed by atoms with Crippen molar-refractivity contribution in [3.63, 3.8) is 0 Å². The highest BCUT2D eigenvalue weighted by molar-refractivity contribution is 7.09. The molecule has 0 unspecified atom stereocenters. The van der Waals surface area contributed by atoms with Crippen LogP contribution in [0, 0.1) is 6.92 Å². The van der Waals surface area contributed by atoms with Gasteiger partial charge in [0.15, 0.2) is 0 Å². The lowest BCUT2D eigenvalue weighted by molar-refractivity contribution is -0.116. The third-order valence-electron chi connectivity index (χ3n) is 3.81. The fourth-order valence-electron chi connectivity index (χ4n) is 2.52. The summed E-state index contributed by atoms with van der Waals surface area (Å²) in [6.45, 7) is 4.41. The molecule has 8 heteroatoms. The first kappa shape index (κ1) is 21.7. The van der Waals surface area contributed by atoms with Crippen molar-refractivity contribution in [3.8, 4) is 0 Å². The van der Waals surface area contributed by atoms with E-state index in [1.165, 1.54) is 12.1 Å². The van der Waals surface area contributed by atoms with E-state index in [2.05, 4.69) is 15.6 Å². The molecule has 5 nitrogen and oxygen atoms in total. The second kappa shape index (κ2) is 10.6. The predicted molar refractivity (Wildman–Crippen MR) is 112 cm³/mol. The Kier molecular flexibility index (Phi) is 8.54. The van der Waals surface area contributed by atoms with Crippen molar-refractivity contribution >= 4 is 52.0 Å². The molecule has 0 spiro atoms. The van der Waals surface area contributed by atoms with Gasteiger partial charge in [-0.25, -0.2) is 4.98 Å². The van der Waals surface area contributed by atoms with Crippen LogP contribution in [0.25, 0.3) is 0 Å². The summed E-state index contributed by atoms with van der Waals surface area (Å²) in [5, 5.41) is 9.32. The van der Waals surface area contributed by atoms with E-state index < -0.39 is 0 Å². The van der Waals surface area contributed by atoms with Crippen molar-refractivity contribution in [2.75, 3.05) is 11.9 Å². The van der Waals surface area contributed by atoms with E-state index in [-0.39, 0.29) is 22.4 Å². The summed E-state index contributed by atoms with van der Waals surface area (Å²) in [4.78, 5) is 28.9. The number of carbonyl (C=O) groups excluding carboxylic acids is 2. The minimum absolute atomic E-state index is 0.186. The average molecular weight is 428 g/mol. The molecule has 27 heavy (non-hydrogen) atoms. The summed E-state index contributed by atoms with van der Waals surface area (Å²) in [5.41, 5.74) is 1.61. The van der Waals surface area contributed by atoms with Gasteiger partial charge in [-0.1, -0.05) is 30.1 Å². The van der Waals surface area contributed by atoms with Crippen LogP contribution in [0.5, 0.6) is 0 Å². The molecule has 1 heterocycles. The zero-order valence-electron chi connectivity index (χ0n) is 15.4. The molecule has 0 saturated carbocycles. The van der Waals surface area contributed by atoms with Gasteiger partial charge in [-0.15, -0.1) is 11.3 Å². The van der Waals surface area contributed by atoms with Gasteiger partial charge in [0.2, 0.25) is 5.91 Å². The number of rotatable bonds is 9. The third kappa shape index (κ3) is 6.79. The minimum Gasteiger partial charge on any atom is -0.352 e. The number of nitrogens with zero attached hydrogens (tertiary/aromatic N) is 1. The molecule has 0 aliphatic rings. The summed E-state index contributed by atoms with van der Waals surface area (Å²) >= 11 is 13.9. The number of hydrogen-bond acceptors (Lipinski definition) is 4. The lowest BCUT2D eigenvalue weighted by Crippen LogP contribution is -2.26. The van der Waals surface area contributed by atoms with Gasteiger partial charge in [0.1, 0.15) is 0 Å². The van der Waals surface area contributed by atoms with E-state index in [9.17, 15) is 9.59 Å². The summed E-state index contributed by atoms with van der Waals surface area (Å²) < 4.78 is 0. The Morgan fingerprint density at radius 1 is 1.22 bits per heavy atom. The molecule has 2 rings (SSSR count). The van der Waals surface area contributed by atoms with Crippen LogP contribution in [0.1, 0.15) is 53.7 Å². The van der Waals surface area contributed by atoms with Gasteiger partial charge in [-0.2, -0.15) is 0 Å². The zero-order chi connectivity index (χ0) is 19.8. The normalized spacial score (nSPS) is 10.7. The van der Waals surface area contributed by atoms with Gasteiger partial charge in [-0.05, 0) is 44.7 Å². The van der Waals surface area contributed by atoms with Crippen LogP contribution in [0.2, 0.25) is 10.0 Å². The maximum atomic E-state index is 12.6. The Morgan fingerprint density at radius 2 is 2.00 bits per heavy atom. The van der Waals surface area contributed by atoms with Crippen LogP contribution < -0.4 is 10.6 Å². The van der Waals surface area contributed by atoms with E-state index in [0.29, 0.717) is 30.1 Å². The number of anilines is 1. The average Bonchev–Trinajstić information content (AvgIpc) is 3.02. The molecule has 0 aliphatic carbocycles. The number of aromatic nitrogens is 1. The fourth-order valence-corrected chi connectivity index (χ4v) is 3.88. The second-order valence-electron chi connectivity index (χ2n) is 6.20. The number of aryl methyl sites for hydroxylation is 2. The topological polar surface area (TPSA) is 71.1 Å². The van der Waals surface area contributed by atoms with E-state index in [1.807, 2.05) is 19.2 Å². The molecule has 0 fully saturated rings. The fraction of sp³-hybridized carbons (Fsp3) is 0.421. The molecular formula is C19H23Cl2N3O2S. The first-order chi connectivity index (χ1) is 12.9. The number of halogens is 2. The maximum absolute atomic E-state index is 12.6. The van der Waals surface area contributed by atoms with E-state index in [4.69, 9.17) is 23.2 Å². The highest BCUT2D eigenvalue weighted by Crippen LogP contribution is 2.30. The molecule has 0 saturated heterocycles.